The Balaban J connectivity index is 2.17. The summed E-state index contributed by atoms with van der Waals surface area (Å²) in [6.07, 6.45) is 0.986. The van der Waals surface area contributed by atoms with Crippen molar-refractivity contribution in [2.45, 2.75) is 32.4 Å². The molecule has 2 nitrogen and oxygen atoms in total. The van der Waals surface area contributed by atoms with Crippen LogP contribution in [0.5, 0.6) is 5.75 Å². The Morgan fingerprint density at radius 3 is 2.74 bits per heavy atom. The number of benzene rings is 2. The molecular weight excluding hydrogens is 258 g/mol. The first kappa shape index (κ1) is 12.8. The summed E-state index contributed by atoms with van der Waals surface area (Å²) in [6.45, 7) is 5.08. The molecule has 0 saturated heterocycles. The maximum Gasteiger partial charge on any atom is 0.131 e. The predicted octanol–water partition coefficient (Wildman–Crippen LogP) is 4.31. The molecule has 100 valence electrons. The lowest BCUT2D eigenvalue weighted by Crippen LogP contribution is -2.32. The van der Waals surface area contributed by atoms with Crippen LogP contribution in [0.4, 0.5) is 0 Å². The summed E-state index contributed by atoms with van der Waals surface area (Å²) in [7, 11) is 0. The van der Waals surface area contributed by atoms with Gasteiger partial charge in [-0.3, -0.25) is 0 Å². The summed E-state index contributed by atoms with van der Waals surface area (Å²) >= 11 is 6.41. The van der Waals surface area contributed by atoms with Gasteiger partial charge in [-0.05, 0) is 6.07 Å². The molecule has 2 aromatic carbocycles. The molecule has 0 saturated carbocycles. The van der Waals surface area contributed by atoms with Crippen molar-refractivity contribution in [1.82, 2.24) is 5.32 Å². The minimum absolute atomic E-state index is 0.325. The standard InChI is InChI=1S/C16H18ClNO/c1-10(2)18-15-7-8-19-16-12-6-4-3-5-11(12)14(17)9-13(15)16/h3-6,9-10,15,18H,7-8H2,1-2H3. The van der Waals surface area contributed by atoms with Gasteiger partial charge >= 0.3 is 0 Å². The predicted molar refractivity (Wildman–Crippen MR) is 80.1 cm³/mol. The molecule has 0 radical (unpaired) electrons. The molecule has 2 aromatic rings. The topological polar surface area (TPSA) is 21.3 Å². The molecule has 0 fully saturated rings. The van der Waals surface area contributed by atoms with Crippen molar-refractivity contribution in [3.63, 3.8) is 0 Å². The first-order chi connectivity index (χ1) is 9.16. The van der Waals surface area contributed by atoms with Crippen LogP contribution in [0.15, 0.2) is 30.3 Å². The van der Waals surface area contributed by atoms with Crippen molar-refractivity contribution < 1.29 is 4.74 Å². The van der Waals surface area contributed by atoms with Crippen LogP contribution in [0.25, 0.3) is 10.8 Å². The van der Waals surface area contributed by atoms with Gasteiger partial charge in [0.1, 0.15) is 5.75 Å². The Morgan fingerprint density at radius 2 is 2.00 bits per heavy atom. The normalized spacial score (nSPS) is 18.4. The third-order valence-electron chi connectivity index (χ3n) is 3.54. The smallest absolute Gasteiger partial charge is 0.131 e. The van der Waals surface area contributed by atoms with E-state index in [9.17, 15) is 0 Å². The minimum atomic E-state index is 0.325. The van der Waals surface area contributed by atoms with Crippen molar-refractivity contribution in [3.05, 3.63) is 40.9 Å². The van der Waals surface area contributed by atoms with Crippen LogP contribution in [-0.2, 0) is 0 Å². The molecule has 19 heavy (non-hydrogen) atoms. The molecule has 3 heteroatoms. The van der Waals surface area contributed by atoms with E-state index < -0.39 is 0 Å². The largest absolute Gasteiger partial charge is 0.493 e. The highest BCUT2D eigenvalue weighted by Gasteiger charge is 2.24. The maximum absolute atomic E-state index is 6.41. The monoisotopic (exact) mass is 275 g/mol. The third kappa shape index (κ3) is 2.31. The molecule has 0 aromatic heterocycles. The average Bonchev–Trinajstić information content (AvgIpc) is 2.40. The summed E-state index contributed by atoms with van der Waals surface area (Å²) in [5.41, 5.74) is 1.18. The van der Waals surface area contributed by atoms with Crippen LogP contribution in [-0.4, -0.2) is 12.6 Å². The zero-order valence-corrected chi connectivity index (χ0v) is 12.0. The lowest BCUT2D eigenvalue weighted by atomic mass is 9.95. The Morgan fingerprint density at radius 1 is 1.26 bits per heavy atom. The van der Waals surface area contributed by atoms with Crippen LogP contribution in [0.1, 0.15) is 31.9 Å². The number of nitrogens with one attached hydrogen (secondary N) is 1. The lowest BCUT2D eigenvalue weighted by Gasteiger charge is -2.29. The lowest BCUT2D eigenvalue weighted by molar-refractivity contribution is 0.250. The van der Waals surface area contributed by atoms with Gasteiger partial charge in [0.05, 0.1) is 6.61 Å². The fraction of sp³-hybridized carbons (Fsp3) is 0.375. The molecule has 1 atom stereocenters. The zero-order valence-electron chi connectivity index (χ0n) is 11.2. The number of fused-ring (bicyclic) bond motifs is 3. The van der Waals surface area contributed by atoms with E-state index in [0.717, 1.165) is 34.6 Å². The highest BCUT2D eigenvalue weighted by atomic mass is 35.5. The van der Waals surface area contributed by atoms with Gasteiger partial charge < -0.3 is 10.1 Å². The van der Waals surface area contributed by atoms with Crippen molar-refractivity contribution in [3.8, 4) is 5.75 Å². The van der Waals surface area contributed by atoms with Crippen LogP contribution < -0.4 is 10.1 Å². The highest BCUT2D eigenvalue weighted by molar-refractivity contribution is 6.36. The van der Waals surface area contributed by atoms with Gasteiger partial charge in [-0.25, -0.2) is 0 Å². The van der Waals surface area contributed by atoms with E-state index >= 15 is 0 Å². The highest BCUT2D eigenvalue weighted by Crippen LogP contribution is 2.41. The Bertz CT molecular complexity index is 609. The van der Waals surface area contributed by atoms with Gasteiger partial charge in [-0.15, -0.1) is 0 Å². The van der Waals surface area contributed by atoms with E-state index in [4.69, 9.17) is 16.3 Å². The van der Waals surface area contributed by atoms with Crippen LogP contribution in [0, 0.1) is 0 Å². The molecule has 1 aliphatic heterocycles. The first-order valence-electron chi connectivity index (χ1n) is 6.77. The van der Waals surface area contributed by atoms with Gasteiger partial charge in [0.25, 0.3) is 0 Å². The minimum Gasteiger partial charge on any atom is -0.493 e. The number of hydrogen-bond donors (Lipinski definition) is 1. The van der Waals surface area contributed by atoms with Crippen LogP contribution in [0.3, 0.4) is 0 Å². The number of hydrogen-bond acceptors (Lipinski definition) is 2. The molecule has 1 heterocycles. The average molecular weight is 276 g/mol. The van der Waals surface area contributed by atoms with Crippen molar-refractivity contribution >= 4 is 22.4 Å². The van der Waals surface area contributed by atoms with Gasteiger partial charge in [-0.1, -0.05) is 49.7 Å². The maximum atomic E-state index is 6.41. The molecule has 1 N–H and O–H groups in total. The first-order valence-corrected chi connectivity index (χ1v) is 7.14. The second-order valence-electron chi connectivity index (χ2n) is 5.33. The summed E-state index contributed by atoms with van der Waals surface area (Å²) in [5.74, 6) is 0.990. The summed E-state index contributed by atoms with van der Waals surface area (Å²) < 4.78 is 5.90. The second kappa shape index (κ2) is 5.03. The van der Waals surface area contributed by atoms with E-state index in [-0.39, 0.29) is 0 Å². The van der Waals surface area contributed by atoms with Crippen LogP contribution in [0.2, 0.25) is 5.02 Å². The Hall–Kier alpha value is -1.25. The molecule has 0 bridgehead atoms. The van der Waals surface area contributed by atoms with Crippen molar-refractivity contribution in [2.75, 3.05) is 6.61 Å². The fourth-order valence-electron chi connectivity index (χ4n) is 2.75. The molecule has 1 aliphatic rings. The SMILES string of the molecule is CC(C)NC1CCOc2c1cc(Cl)c1ccccc21. The number of rotatable bonds is 2. The van der Waals surface area contributed by atoms with E-state index in [0.29, 0.717) is 12.1 Å². The van der Waals surface area contributed by atoms with E-state index in [1.807, 2.05) is 18.2 Å². The third-order valence-corrected chi connectivity index (χ3v) is 3.85. The zero-order chi connectivity index (χ0) is 13.4. The summed E-state index contributed by atoms with van der Waals surface area (Å²) in [5, 5.41) is 6.57. The number of halogens is 1. The molecular formula is C16H18ClNO. The van der Waals surface area contributed by atoms with Gasteiger partial charge in [0.2, 0.25) is 0 Å². The van der Waals surface area contributed by atoms with E-state index in [1.54, 1.807) is 0 Å². The number of ether oxygens (including phenoxy) is 1. The summed E-state index contributed by atoms with van der Waals surface area (Å²) in [4.78, 5) is 0. The Labute approximate surface area is 118 Å². The van der Waals surface area contributed by atoms with Crippen molar-refractivity contribution in [1.29, 1.82) is 0 Å². The van der Waals surface area contributed by atoms with E-state index in [1.165, 1.54) is 5.56 Å². The molecule has 1 unspecified atom stereocenters. The van der Waals surface area contributed by atoms with E-state index in [2.05, 4.69) is 31.3 Å². The van der Waals surface area contributed by atoms with Crippen LogP contribution >= 0.6 is 11.6 Å². The van der Waals surface area contributed by atoms with Crippen molar-refractivity contribution in [2.24, 2.45) is 0 Å². The fourth-order valence-corrected chi connectivity index (χ4v) is 3.04. The molecule has 3 rings (SSSR count). The molecule has 0 aliphatic carbocycles. The second-order valence-corrected chi connectivity index (χ2v) is 5.74. The quantitative estimate of drug-likeness (QED) is 0.882. The summed E-state index contributed by atoms with van der Waals surface area (Å²) in [6, 6.07) is 11.0. The Kier molecular flexibility index (Phi) is 3.38. The van der Waals surface area contributed by atoms with Gasteiger partial charge in [-0.2, -0.15) is 0 Å². The molecule has 0 amide bonds. The van der Waals surface area contributed by atoms with Gasteiger partial charge in [0, 0.05) is 39.9 Å². The molecule has 0 spiro atoms. The van der Waals surface area contributed by atoms with Gasteiger partial charge in [0.15, 0.2) is 0 Å².